The lowest BCUT2D eigenvalue weighted by Gasteiger charge is -2.18. The second-order valence-electron chi connectivity index (χ2n) is 3.78. The number of carbonyl (C=O) groups excluding carboxylic acids is 1. The standard InChI is InChI=1S/C13H19NO2S/c1-3-14(9-4-10-15)13(16)8-7-12-6-5-11(2)17-12/h5-8,15H,3-4,9-10H2,1-2H3/b8-7+. The zero-order valence-electron chi connectivity index (χ0n) is 10.3. The number of rotatable bonds is 6. The van der Waals surface area contributed by atoms with E-state index in [0.717, 1.165) is 4.88 Å². The van der Waals surface area contributed by atoms with Crippen molar-refractivity contribution in [3.8, 4) is 0 Å². The van der Waals surface area contributed by atoms with Gasteiger partial charge in [-0.2, -0.15) is 0 Å². The van der Waals surface area contributed by atoms with Crippen LogP contribution in [0.5, 0.6) is 0 Å². The highest BCUT2D eigenvalue weighted by Crippen LogP contribution is 2.16. The molecule has 0 fully saturated rings. The molecule has 1 heterocycles. The topological polar surface area (TPSA) is 40.5 Å². The van der Waals surface area contributed by atoms with Gasteiger partial charge in [0.25, 0.3) is 0 Å². The van der Waals surface area contributed by atoms with Crippen molar-refractivity contribution in [3.05, 3.63) is 28.0 Å². The summed E-state index contributed by atoms with van der Waals surface area (Å²) >= 11 is 1.67. The van der Waals surface area contributed by atoms with Gasteiger partial charge in [0.2, 0.25) is 5.91 Å². The van der Waals surface area contributed by atoms with Crippen LogP contribution in [0.2, 0.25) is 0 Å². The molecule has 94 valence electrons. The van der Waals surface area contributed by atoms with Crippen LogP contribution in [-0.2, 0) is 4.79 Å². The third-order valence-corrected chi connectivity index (χ3v) is 3.40. The highest BCUT2D eigenvalue weighted by molar-refractivity contribution is 7.12. The van der Waals surface area contributed by atoms with Crippen molar-refractivity contribution in [2.45, 2.75) is 20.3 Å². The Balaban J connectivity index is 2.54. The number of thiophene rings is 1. The molecule has 0 saturated carbocycles. The maximum Gasteiger partial charge on any atom is 0.246 e. The van der Waals surface area contributed by atoms with Crippen molar-refractivity contribution >= 4 is 23.3 Å². The summed E-state index contributed by atoms with van der Waals surface area (Å²) in [5.41, 5.74) is 0. The Morgan fingerprint density at radius 3 is 2.82 bits per heavy atom. The first-order valence-electron chi connectivity index (χ1n) is 5.81. The van der Waals surface area contributed by atoms with Gasteiger partial charge in [0.15, 0.2) is 0 Å². The summed E-state index contributed by atoms with van der Waals surface area (Å²) in [6.45, 7) is 5.39. The summed E-state index contributed by atoms with van der Waals surface area (Å²) in [4.78, 5) is 15.9. The number of aliphatic hydroxyl groups is 1. The normalized spacial score (nSPS) is 11.0. The summed E-state index contributed by atoms with van der Waals surface area (Å²) in [7, 11) is 0. The van der Waals surface area contributed by atoms with Crippen molar-refractivity contribution in [1.82, 2.24) is 4.90 Å². The average molecular weight is 253 g/mol. The van der Waals surface area contributed by atoms with E-state index in [4.69, 9.17) is 5.11 Å². The summed E-state index contributed by atoms with van der Waals surface area (Å²) in [5, 5.41) is 8.75. The summed E-state index contributed by atoms with van der Waals surface area (Å²) in [6.07, 6.45) is 4.08. The van der Waals surface area contributed by atoms with Gasteiger partial charge in [0.05, 0.1) is 0 Å². The first-order chi connectivity index (χ1) is 8.17. The van der Waals surface area contributed by atoms with Crippen molar-refractivity contribution < 1.29 is 9.90 Å². The lowest BCUT2D eigenvalue weighted by atomic mass is 10.3. The van der Waals surface area contributed by atoms with E-state index in [2.05, 4.69) is 0 Å². The number of amides is 1. The monoisotopic (exact) mass is 253 g/mol. The molecule has 3 nitrogen and oxygen atoms in total. The Bertz CT molecular complexity index is 385. The molecule has 1 amide bonds. The highest BCUT2D eigenvalue weighted by Gasteiger charge is 2.07. The Morgan fingerprint density at radius 1 is 1.53 bits per heavy atom. The van der Waals surface area contributed by atoms with Gasteiger partial charge in [-0.15, -0.1) is 11.3 Å². The van der Waals surface area contributed by atoms with Crippen LogP contribution in [-0.4, -0.2) is 35.6 Å². The third-order valence-electron chi connectivity index (χ3n) is 2.43. The van der Waals surface area contributed by atoms with Crippen LogP contribution in [0.4, 0.5) is 0 Å². The second-order valence-corrected chi connectivity index (χ2v) is 5.10. The molecule has 0 atom stereocenters. The Labute approximate surface area is 106 Å². The molecule has 0 spiro atoms. The van der Waals surface area contributed by atoms with Crippen molar-refractivity contribution in [3.63, 3.8) is 0 Å². The quantitative estimate of drug-likeness (QED) is 0.790. The Hall–Kier alpha value is -1.13. The summed E-state index contributed by atoms with van der Waals surface area (Å²) in [6, 6.07) is 4.05. The lowest BCUT2D eigenvalue weighted by molar-refractivity contribution is -0.125. The molecular formula is C13H19NO2S. The minimum atomic E-state index is 0.00648. The van der Waals surface area contributed by atoms with Crippen LogP contribution in [0.3, 0.4) is 0 Å². The maximum absolute atomic E-state index is 11.8. The number of hydrogen-bond acceptors (Lipinski definition) is 3. The van der Waals surface area contributed by atoms with Gasteiger partial charge in [-0.25, -0.2) is 0 Å². The number of aryl methyl sites for hydroxylation is 1. The van der Waals surface area contributed by atoms with Crippen LogP contribution in [0.1, 0.15) is 23.1 Å². The van der Waals surface area contributed by atoms with Gasteiger partial charge in [-0.05, 0) is 38.5 Å². The average Bonchev–Trinajstić information content (AvgIpc) is 2.73. The van der Waals surface area contributed by atoms with E-state index in [0.29, 0.717) is 19.5 Å². The largest absolute Gasteiger partial charge is 0.396 e. The van der Waals surface area contributed by atoms with Crippen molar-refractivity contribution in [1.29, 1.82) is 0 Å². The summed E-state index contributed by atoms with van der Waals surface area (Å²) < 4.78 is 0. The minimum absolute atomic E-state index is 0.00648. The van der Waals surface area contributed by atoms with E-state index in [9.17, 15) is 4.79 Å². The molecule has 0 aromatic carbocycles. The van der Waals surface area contributed by atoms with Crippen LogP contribution in [0.25, 0.3) is 6.08 Å². The molecule has 1 aromatic heterocycles. The molecule has 0 aliphatic heterocycles. The molecule has 0 aliphatic carbocycles. The molecule has 0 bridgehead atoms. The van der Waals surface area contributed by atoms with Crippen molar-refractivity contribution in [2.75, 3.05) is 19.7 Å². The molecule has 0 radical (unpaired) electrons. The Kier molecular flexibility index (Phi) is 5.94. The van der Waals surface area contributed by atoms with E-state index in [1.165, 1.54) is 4.88 Å². The predicted molar refractivity (Wildman–Crippen MR) is 72.0 cm³/mol. The van der Waals surface area contributed by atoms with E-state index < -0.39 is 0 Å². The van der Waals surface area contributed by atoms with Crippen LogP contribution in [0.15, 0.2) is 18.2 Å². The number of nitrogens with zero attached hydrogens (tertiary/aromatic N) is 1. The van der Waals surface area contributed by atoms with Gasteiger partial charge < -0.3 is 10.0 Å². The fourth-order valence-corrected chi connectivity index (χ4v) is 2.27. The number of carbonyl (C=O) groups is 1. The molecule has 1 rings (SSSR count). The van der Waals surface area contributed by atoms with Gasteiger partial charge in [0.1, 0.15) is 0 Å². The number of likely N-dealkylation sites (N-methyl/N-ethyl adjacent to an activating group) is 1. The minimum Gasteiger partial charge on any atom is -0.396 e. The highest BCUT2D eigenvalue weighted by atomic mass is 32.1. The van der Waals surface area contributed by atoms with Gasteiger partial charge in [0, 0.05) is 35.5 Å². The first kappa shape index (κ1) is 13.9. The van der Waals surface area contributed by atoms with Crippen molar-refractivity contribution in [2.24, 2.45) is 0 Å². The SMILES string of the molecule is CCN(CCCO)C(=O)/C=C/c1ccc(C)s1. The van der Waals surface area contributed by atoms with E-state index in [1.807, 2.05) is 32.1 Å². The maximum atomic E-state index is 11.8. The molecular weight excluding hydrogens is 234 g/mol. The van der Waals surface area contributed by atoms with E-state index in [-0.39, 0.29) is 12.5 Å². The number of hydrogen-bond donors (Lipinski definition) is 1. The molecule has 1 aromatic rings. The zero-order valence-corrected chi connectivity index (χ0v) is 11.2. The zero-order chi connectivity index (χ0) is 12.7. The van der Waals surface area contributed by atoms with Gasteiger partial charge in [-0.1, -0.05) is 0 Å². The Morgan fingerprint density at radius 2 is 2.29 bits per heavy atom. The third kappa shape index (κ3) is 4.71. The van der Waals surface area contributed by atoms with Crippen LogP contribution in [0, 0.1) is 6.92 Å². The van der Waals surface area contributed by atoms with Crippen LogP contribution >= 0.6 is 11.3 Å². The first-order valence-corrected chi connectivity index (χ1v) is 6.63. The van der Waals surface area contributed by atoms with Gasteiger partial charge >= 0.3 is 0 Å². The molecule has 17 heavy (non-hydrogen) atoms. The predicted octanol–water partition coefficient (Wildman–Crippen LogP) is 2.30. The molecule has 0 unspecified atom stereocenters. The fraction of sp³-hybridized carbons (Fsp3) is 0.462. The lowest BCUT2D eigenvalue weighted by Crippen LogP contribution is -2.30. The van der Waals surface area contributed by atoms with Crippen LogP contribution < -0.4 is 0 Å². The smallest absolute Gasteiger partial charge is 0.246 e. The van der Waals surface area contributed by atoms with E-state index in [1.54, 1.807) is 22.3 Å². The molecule has 1 N–H and O–H groups in total. The number of aliphatic hydroxyl groups excluding tert-OH is 1. The molecule has 0 saturated heterocycles. The second kappa shape index (κ2) is 7.25. The molecule has 4 heteroatoms. The summed E-state index contributed by atoms with van der Waals surface area (Å²) in [5.74, 6) is 0.00648. The fourth-order valence-electron chi connectivity index (χ4n) is 1.49. The molecule has 0 aliphatic rings. The van der Waals surface area contributed by atoms with Gasteiger partial charge in [-0.3, -0.25) is 4.79 Å². The van der Waals surface area contributed by atoms with E-state index >= 15 is 0 Å².